The van der Waals surface area contributed by atoms with E-state index in [2.05, 4.69) is 76.2 Å². The Kier molecular flexibility index (Phi) is 6.10. The van der Waals surface area contributed by atoms with E-state index in [-0.39, 0.29) is 0 Å². The highest BCUT2D eigenvalue weighted by molar-refractivity contribution is 5.92. The molecule has 0 atom stereocenters. The largest absolute Gasteiger partial charge is 0.256 e. The van der Waals surface area contributed by atoms with Gasteiger partial charge in [-0.1, -0.05) is 67.6 Å². The van der Waals surface area contributed by atoms with Crippen LogP contribution in [0, 0.1) is 0 Å². The zero-order chi connectivity index (χ0) is 16.7. The first-order valence-electron chi connectivity index (χ1n) is 8.15. The first-order chi connectivity index (χ1) is 11.1. The molecule has 0 aromatic heterocycles. The smallest absolute Gasteiger partial charge is 0.0691 e. The zero-order valence-corrected chi connectivity index (χ0v) is 14.5. The van der Waals surface area contributed by atoms with Crippen LogP contribution < -0.4 is 0 Å². The monoisotopic (exact) mass is 303 g/mol. The van der Waals surface area contributed by atoms with E-state index in [1.54, 1.807) is 0 Å². The molecule has 0 unspecified atom stereocenters. The first-order valence-corrected chi connectivity index (χ1v) is 8.15. The second-order valence-electron chi connectivity index (χ2n) is 5.78. The minimum absolute atomic E-state index is 1.00. The molecule has 2 aromatic rings. The molecule has 0 bridgehead atoms. The summed E-state index contributed by atoms with van der Waals surface area (Å²) in [6, 6.07) is 20.9. The van der Waals surface area contributed by atoms with Crippen LogP contribution in [-0.2, 0) is 0 Å². The maximum absolute atomic E-state index is 4.81. The van der Waals surface area contributed by atoms with E-state index >= 15 is 0 Å². The predicted molar refractivity (Wildman–Crippen MR) is 103 cm³/mol. The van der Waals surface area contributed by atoms with Crippen molar-refractivity contribution in [3.05, 3.63) is 82.9 Å². The normalized spacial score (nSPS) is 13.7. The highest BCUT2D eigenvalue weighted by atomic mass is 14.7. The highest BCUT2D eigenvalue weighted by Gasteiger charge is 2.03. The number of allylic oxidation sites excluding steroid dienone is 3. The van der Waals surface area contributed by atoms with Crippen LogP contribution in [0.1, 0.15) is 45.2 Å². The Morgan fingerprint density at radius 2 is 1.35 bits per heavy atom. The molecule has 0 aliphatic rings. The van der Waals surface area contributed by atoms with Gasteiger partial charge in [-0.05, 0) is 49.5 Å². The molecule has 118 valence electrons. The molecule has 2 rings (SSSR count). The standard InChI is InChI=1S/C22H25N/c1-5-17(2)22(21-14-10-7-11-15-21)23-16-18(3)19(4)20-12-8-6-9-13-20/h6-16H,5H2,1-4H3/b19-18+,22-17?,23-16?. The van der Waals surface area contributed by atoms with Gasteiger partial charge in [0.1, 0.15) is 0 Å². The van der Waals surface area contributed by atoms with E-state index < -0.39 is 0 Å². The van der Waals surface area contributed by atoms with Gasteiger partial charge in [-0.25, -0.2) is 0 Å². The molecular formula is C22H25N. The highest BCUT2D eigenvalue weighted by Crippen LogP contribution is 2.23. The lowest BCUT2D eigenvalue weighted by atomic mass is 10.0. The molecule has 0 heterocycles. The van der Waals surface area contributed by atoms with Crippen molar-refractivity contribution in [3.63, 3.8) is 0 Å². The van der Waals surface area contributed by atoms with Crippen LogP contribution in [0.2, 0.25) is 0 Å². The molecule has 0 N–H and O–H groups in total. The van der Waals surface area contributed by atoms with Crippen molar-refractivity contribution in [1.29, 1.82) is 0 Å². The summed E-state index contributed by atoms with van der Waals surface area (Å²) < 4.78 is 0. The van der Waals surface area contributed by atoms with Gasteiger partial charge in [-0.3, -0.25) is 4.99 Å². The summed E-state index contributed by atoms with van der Waals surface area (Å²) in [6.45, 7) is 8.60. The summed E-state index contributed by atoms with van der Waals surface area (Å²) >= 11 is 0. The van der Waals surface area contributed by atoms with Crippen LogP contribution in [0.25, 0.3) is 11.3 Å². The van der Waals surface area contributed by atoms with E-state index in [4.69, 9.17) is 4.99 Å². The molecule has 0 amide bonds. The maximum atomic E-state index is 4.81. The Balaban J connectivity index is 2.35. The van der Waals surface area contributed by atoms with Crippen molar-refractivity contribution in [2.24, 2.45) is 4.99 Å². The Labute approximate surface area is 140 Å². The van der Waals surface area contributed by atoms with Gasteiger partial charge in [-0.2, -0.15) is 0 Å². The lowest BCUT2D eigenvalue weighted by Gasteiger charge is -2.08. The molecule has 1 heteroatoms. The van der Waals surface area contributed by atoms with Gasteiger partial charge in [0.15, 0.2) is 0 Å². The van der Waals surface area contributed by atoms with Crippen LogP contribution in [0.5, 0.6) is 0 Å². The summed E-state index contributed by atoms with van der Waals surface area (Å²) in [7, 11) is 0. The third kappa shape index (κ3) is 4.53. The van der Waals surface area contributed by atoms with Gasteiger partial charge in [0.05, 0.1) is 5.70 Å². The second kappa shape index (κ2) is 8.28. The third-order valence-electron chi connectivity index (χ3n) is 4.17. The van der Waals surface area contributed by atoms with Crippen molar-refractivity contribution >= 4 is 17.5 Å². The maximum Gasteiger partial charge on any atom is 0.0691 e. The second-order valence-corrected chi connectivity index (χ2v) is 5.78. The van der Waals surface area contributed by atoms with Crippen molar-refractivity contribution in [2.75, 3.05) is 0 Å². The summed E-state index contributed by atoms with van der Waals surface area (Å²) in [5.41, 5.74) is 7.25. The Bertz CT molecular complexity index is 719. The Hall–Kier alpha value is -2.41. The van der Waals surface area contributed by atoms with Crippen LogP contribution in [0.4, 0.5) is 0 Å². The lowest BCUT2D eigenvalue weighted by Crippen LogP contribution is -1.90. The van der Waals surface area contributed by atoms with Crippen molar-refractivity contribution in [1.82, 2.24) is 0 Å². The van der Waals surface area contributed by atoms with E-state index in [0.29, 0.717) is 0 Å². The molecule has 0 saturated heterocycles. The van der Waals surface area contributed by atoms with Crippen LogP contribution in [-0.4, -0.2) is 6.21 Å². The topological polar surface area (TPSA) is 12.4 Å². The molecule has 0 spiro atoms. The summed E-state index contributed by atoms with van der Waals surface area (Å²) in [4.78, 5) is 4.81. The number of hydrogen-bond donors (Lipinski definition) is 0. The van der Waals surface area contributed by atoms with Gasteiger partial charge in [0.25, 0.3) is 0 Å². The molecular weight excluding hydrogens is 278 g/mol. The fourth-order valence-corrected chi connectivity index (χ4v) is 2.37. The minimum atomic E-state index is 1.00. The summed E-state index contributed by atoms with van der Waals surface area (Å²) in [5.74, 6) is 0. The van der Waals surface area contributed by atoms with Crippen LogP contribution in [0.3, 0.4) is 0 Å². The number of aliphatic imine (C=N–C) groups is 1. The van der Waals surface area contributed by atoms with E-state index in [1.165, 1.54) is 27.8 Å². The summed E-state index contributed by atoms with van der Waals surface area (Å²) in [6.07, 6.45) is 2.99. The first kappa shape index (κ1) is 17.0. The van der Waals surface area contributed by atoms with Crippen molar-refractivity contribution in [2.45, 2.75) is 34.1 Å². The minimum Gasteiger partial charge on any atom is -0.256 e. The average Bonchev–Trinajstić information content (AvgIpc) is 2.62. The summed E-state index contributed by atoms with van der Waals surface area (Å²) in [5, 5.41) is 0. The molecule has 2 aromatic carbocycles. The van der Waals surface area contributed by atoms with E-state index in [9.17, 15) is 0 Å². The average molecular weight is 303 g/mol. The molecule has 0 fully saturated rings. The number of rotatable bonds is 5. The molecule has 23 heavy (non-hydrogen) atoms. The van der Waals surface area contributed by atoms with E-state index in [1.807, 2.05) is 18.3 Å². The van der Waals surface area contributed by atoms with Gasteiger partial charge in [0, 0.05) is 11.8 Å². The number of benzene rings is 2. The molecule has 0 aliphatic heterocycles. The third-order valence-corrected chi connectivity index (χ3v) is 4.17. The zero-order valence-electron chi connectivity index (χ0n) is 14.5. The van der Waals surface area contributed by atoms with Crippen LogP contribution in [0.15, 0.2) is 76.8 Å². The van der Waals surface area contributed by atoms with Crippen molar-refractivity contribution in [3.8, 4) is 0 Å². The van der Waals surface area contributed by atoms with Crippen LogP contribution >= 0.6 is 0 Å². The van der Waals surface area contributed by atoms with Gasteiger partial charge < -0.3 is 0 Å². The Morgan fingerprint density at radius 1 is 0.826 bits per heavy atom. The quantitative estimate of drug-likeness (QED) is 0.567. The fourth-order valence-electron chi connectivity index (χ4n) is 2.37. The van der Waals surface area contributed by atoms with Gasteiger partial charge in [-0.15, -0.1) is 0 Å². The molecule has 0 saturated carbocycles. The lowest BCUT2D eigenvalue weighted by molar-refractivity contribution is 1.09. The fraction of sp³-hybridized carbons (Fsp3) is 0.227. The number of hydrogen-bond acceptors (Lipinski definition) is 1. The predicted octanol–water partition coefficient (Wildman–Crippen LogP) is 6.39. The van der Waals surface area contributed by atoms with Gasteiger partial charge in [0.2, 0.25) is 0 Å². The van der Waals surface area contributed by atoms with E-state index in [0.717, 1.165) is 12.1 Å². The molecule has 0 radical (unpaired) electrons. The Morgan fingerprint density at radius 3 is 1.87 bits per heavy atom. The SMILES string of the molecule is CCC(C)=C(N=C/C(C)=C(\C)c1ccccc1)c1ccccc1. The number of nitrogens with zero attached hydrogens (tertiary/aromatic N) is 1. The molecule has 0 aliphatic carbocycles. The van der Waals surface area contributed by atoms with Gasteiger partial charge >= 0.3 is 0 Å². The molecule has 1 nitrogen and oxygen atoms in total. The van der Waals surface area contributed by atoms with Crippen molar-refractivity contribution < 1.29 is 0 Å².